The molecular weight excluding hydrogens is 306 g/mol. The fourth-order valence-corrected chi connectivity index (χ4v) is 4.20. The Hall–Kier alpha value is -1.38. The van der Waals surface area contributed by atoms with E-state index in [-0.39, 0.29) is 5.91 Å². The molecule has 1 amide bonds. The smallest absolute Gasteiger partial charge is 0.226 e. The minimum Gasteiger partial charge on any atom is -0.317 e. The van der Waals surface area contributed by atoms with Gasteiger partial charge in [-0.1, -0.05) is 13.3 Å². The zero-order valence-electron chi connectivity index (χ0n) is 14.4. The summed E-state index contributed by atoms with van der Waals surface area (Å²) in [4.78, 5) is 15.7. The number of anilines is 1. The highest BCUT2D eigenvalue weighted by molar-refractivity contribution is 7.16. The molecule has 1 aliphatic rings. The van der Waals surface area contributed by atoms with E-state index in [4.69, 9.17) is 0 Å². The number of nitrogens with one attached hydrogen (secondary N) is 1. The Morgan fingerprint density at radius 2 is 2.13 bits per heavy atom. The van der Waals surface area contributed by atoms with Crippen molar-refractivity contribution in [1.29, 1.82) is 5.26 Å². The normalized spacial score (nSPS) is 15.6. The van der Waals surface area contributed by atoms with Crippen LogP contribution in [0.5, 0.6) is 0 Å². The van der Waals surface area contributed by atoms with Gasteiger partial charge in [-0.15, -0.1) is 11.3 Å². The number of carbonyl (C=O) groups is 1. The Balaban J connectivity index is 2.00. The lowest BCUT2D eigenvalue weighted by Gasteiger charge is -2.22. The van der Waals surface area contributed by atoms with Crippen LogP contribution < -0.4 is 5.32 Å². The van der Waals surface area contributed by atoms with Gasteiger partial charge >= 0.3 is 0 Å². The molecule has 1 aliphatic carbocycles. The number of nitrogens with zero attached hydrogens (tertiary/aromatic N) is 2. The molecule has 0 spiro atoms. The van der Waals surface area contributed by atoms with Crippen LogP contribution in [0, 0.1) is 11.3 Å². The van der Waals surface area contributed by atoms with Crippen molar-refractivity contribution >= 4 is 22.2 Å². The zero-order valence-corrected chi connectivity index (χ0v) is 15.3. The lowest BCUT2D eigenvalue weighted by Crippen LogP contribution is -2.31. The number of nitriles is 1. The summed E-state index contributed by atoms with van der Waals surface area (Å²) in [5.74, 6) is 0.00747. The molecule has 23 heavy (non-hydrogen) atoms. The van der Waals surface area contributed by atoms with Crippen LogP contribution in [-0.2, 0) is 17.6 Å². The van der Waals surface area contributed by atoms with Gasteiger partial charge in [-0.2, -0.15) is 5.26 Å². The summed E-state index contributed by atoms with van der Waals surface area (Å²) in [5.41, 5.74) is 1.89. The third-order valence-corrected chi connectivity index (χ3v) is 6.03. The van der Waals surface area contributed by atoms with Gasteiger partial charge in [-0.25, -0.2) is 0 Å². The molecule has 0 aromatic carbocycles. The summed E-state index contributed by atoms with van der Waals surface area (Å²) in [5, 5.41) is 13.2. The number of carbonyl (C=O) groups excluding carboxylic acids is 1. The molecule has 1 aromatic rings. The lowest BCUT2D eigenvalue weighted by molar-refractivity contribution is -0.116. The molecule has 5 heteroatoms. The van der Waals surface area contributed by atoms with Crippen molar-refractivity contribution in [2.45, 2.75) is 64.8 Å². The van der Waals surface area contributed by atoms with Gasteiger partial charge in [0.2, 0.25) is 5.91 Å². The van der Waals surface area contributed by atoms with E-state index in [1.165, 1.54) is 23.3 Å². The first-order chi connectivity index (χ1) is 11.1. The van der Waals surface area contributed by atoms with Crippen LogP contribution in [0.3, 0.4) is 0 Å². The van der Waals surface area contributed by atoms with Crippen LogP contribution >= 0.6 is 11.3 Å². The van der Waals surface area contributed by atoms with Crippen LogP contribution in [0.4, 0.5) is 5.00 Å². The average Bonchev–Trinajstić information content (AvgIpc) is 2.71. The number of thiophene rings is 1. The van der Waals surface area contributed by atoms with E-state index < -0.39 is 0 Å². The maximum Gasteiger partial charge on any atom is 0.226 e. The van der Waals surface area contributed by atoms with Gasteiger partial charge in [0.15, 0.2) is 0 Å². The first kappa shape index (κ1) is 18.0. The molecule has 1 heterocycles. The van der Waals surface area contributed by atoms with Gasteiger partial charge in [-0.05, 0) is 51.6 Å². The first-order valence-electron chi connectivity index (χ1n) is 8.61. The van der Waals surface area contributed by atoms with E-state index >= 15 is 0 Å². The minimum absolute atomic E-state index is 0.00747. The van der Waals surface area contributed by atoms with Crippen LogP contribution in [0.1, 0.15) is 62.0 Å². The number of hydrogen-bond donors (Lipinski definition) is 1. The van der Waals surface area contributed by atoms with Crippen molar-refractivity contribution in [3.63, 3.8) is 0 Å². The van der Waals surface area contributed by atoms with Gasteiger partial charge < -0.3 is 10.2 Å². The summed E-state index contributed by atoms with van der Waals surface area (Å²) in [7, 11) is 2.05. The molecule has 1 N–H and O–H groups in total. The van der Waals surface area contributed by atoms with Gasteiger partial charge in [-0.3, -0.25) is 4.79 Å². The number of rotatable bonds is 6. The summed E-state index contributed by atoms with van der Waals surface area (Å²) in [6.45, 7) is 5.06. The number of amides is 1. The lowest BCUT2D eigenvalue weighted by atomic mass is 10.1. The zero-order chi connectivity index (χ0) is 16.8. The third-order valence-electron chi connectivity index (χ3n) is 4.82. The van der Waals surface area contributed by atoms with E-state index in [2.05, 4.69) is 37.2 Å². The van der Waals surface area contributed by atoms with E-state index in [1.54, 1.807) is 11.3 Å². The second-order valence-corrected chi connectivity index (χ2v) is 7.52. The summed E-state index contributed by atoms with van der Waals surface area (Å²) in [6.07, 6.45) is 7.12. The molecule has 0 aliphatic heterocycles. The van der Waals surface area contributed by atoms with Gasteiger partial charge in [0.05, 0.1) is 5.56 Å². The third kappa shape index (κ3) is 4.55. The van der Waals surface area contributed by atoms with Crippen molar-refractivity contribution in [3.8, 4) is 6.07 Å². The van der Waals surface area contributed by atoms with Crippen molar-refractivity contribution in [2.75, 3.05) is 18.9 Å². The molecule has 0 radical (unpaired) electrons. The predicted octanol–water partition coefficient (Wildman–Crippen LogP) is 3.95. The molecule has 2 rings (SSSR count). The Morgan fingerprint density at radius 3 is 2.83 bits per heavy atom. The molecule has 1 aromatic heterocycles. The molecule has 4 nitrogen and oxygen atoms in total. The van der Waals surface area contributed by atoms with Crippen molar-refractivity contribution in [2.24, 2.45) is 0 Å². The number of aryl methyl sites for hydroxylation is 1. The van der Waals surface area contributed by atoms with Gasteiger partial charge in [0.1, 0.15) is 11.1 Å². The number of hydrogen-bond acceptors (Lipinski definition) is 4. The van der Waals surface area contributed by atoms with E-state index in [9.17, 15) is 10.1 Å². The summed E-state index contributed by atoms with van der Waals surface area (Å²) in [6, 6.07) is 2.80. The molecule has 0 saturated carbocycles. The monoisotopic (exact) mass is 333 g/mol. The fraction of sp³-hybridized carbons (Fsp3) is 0.667. The standard InChI is InChI=1S/C18H27N3OS/c1-4-13(2)21(3)11-10-17(22)20-18-15(12-19)14-8-6-5-7-9-16(14)23-18/h13H,4-11H2,1-3H3,(H,20,22). The highest BCUT2D eigenvalue weighted by Gasteiger charge is 2.21. The molecule has 1 atom stereocenters. The second kappa shape index (κ2) is 8.47. The maximum absolute atomic E-state index is 12.2. The Bertz CT molecular complexity index is 588. The van der Waals surface area contributed by atoms with Crippen molar-refractivity contribution in [1.82, 2.24) is 4.90 Å². The van der Waals surface area contributed by atoms with E-state index in [0.717, 1.165) is 37.2 Å². The minimum atomic E-state index is 0.00747. The molecule has 126 valence electrons. The average molecular weight is 334 g/mol. The Morgan fingerprint density at radius 1 is 1.39 bits per heavy atom. The van der Waals surface area contributed by atoms with Crippen molar-refractivity contribution in [3.05, 3.63) is 16.0 Å². The van der Waals surface area contributed by atoms with E-state index in [1.807, 2.05) is 0 Å². The Kier molecular flexibility index (Phi) is 6.61. The molecule has 0 bridgehead atoms. The quantitative estimate of drug-likeness (QED) is 0.802. The van der Waals surface area contributed by atoms with Gasteiger partial charge in [0.25, 0.3) is 0 Å². The van der Waals surface area contributed by atoms with E-state index in [0.29, 0.717) is 18.0 Å². The molecular formula is C18H27N3OS. The summed E-state index contributed by atoms with van der Waals surface area (Å²) < 4.78 is 0. The Labute approximate surface area is 143 Å². The maximum atomic E-state index is 12.2. The molecule has 0 saturated heterocycles. The second-order valence-electron chi connectivity index (χ2n) is 6.42. The first-order valence-corrected chi connectivity index (χ1v) is 9.43. The molecule has 1 unspecified atom stereocenters. The fourth-order valence-electron chi connectivity index (χ4n) is 2.95. The highest BCUT2D eigenvalue weighted by atomic mass is 32.1. The number of fused-ring (bicyclic) bond motifs is 1. The SMILES string of the molecule is CCC(C)N(C)CCC(=O)Nc1sc2c(c1C#N)CCCCC2. The van der Waals surface area contributed by atoms with Crippen LogP contribution in [-0.4, -0.2) is 30.4 Å². The van der Waals surface area contributed by atoms with Crippen molar-refractivity contribution < 1.29 is 4.79 Å². The van der Waals surface area contributed by atoms with Crippen LogP contribution in [0.15, 0.2) is 0 Å². The summed E-state index contributed by atoms with van der Waals surface area (Å²) >= 11 is 1.61. The van der Waals surface area contributed by atoms with Crippen LogP contribution in [0.2, 0.25) is 0 Å². The van der Waals surface area contributed by atoms with Crippen LogP contribution in [0.25, 0.3) is 0 Å². The highest BCUT2D eigenvalue weighted by Crippen LogP contribution is 2.36. The predicted molar refractivity (Wildman–Crippen MR) is 95.9 cm³/mol. The van der Waals surface area contributed by atoms with Gasteiger partial charge in [0, 0.05) is 23.9 Å². The topological polar surface area (TPSA) is 56.1 Å². The molecule has 0 fully saturated rings. The largest absolute Gasteiger partial charge is 0.317 e.